The second kappa shape index (κ2) is 5.14. The maximum atomic E-state index is 6.14. The van der Waals surface area contributed by atoms with Crippen molar-refractivity contribution in [3.8, 4) is 5.75 Å². The van der Waals surface area contributed by atoms with Gasteiger partial charge >= 0.3 is 0 Å². The molecule has 1 fully saturated rings. The SMILES string of the molecule is CC1(COc2cccc3c2CNCC3)CCSC1. The highest BCUT2D eigenvalue weighted by atomic mass is 32.2. The van der Waals surface area contributed by atoms with Crippen molar-refractivity contribution in [3.63, 3.8) is 0 Å². The molecule has 1 saturated heterocycles. The van der Waals surface area contributed by atoms with E-state index in [-0.39, 0.29) is 0 Å². The fourth-order valence-corrected chi connectivity index (χ4v) is 4.19. The van der Waals surface area contributed by atoms with E-state index in [0.29, 0.717) is 5.41 Å². The number of nitrogens with one attached hydrogen (secondary N) is 1. The second-order valence-electron chi connectivity index (χ2n) is 5.72. The first-order valence-electron chi connectivity index (χ1n) is 6.79. The van der Waals surface area contributed by atoms with Crippen LogP contribution in [-0.4, -0.2) is 24.7 Å². The monoisotopic (exact) mass is 263 g/mol. The van der Waals surface area contributed by atoms with Crippen LogP contribution in [0.2, 0.25) is 0 Å². The van der Waals surface area contributed by atoms with Crippen LogP contribution < -0.4 is 10.1 Å². The zero-order chi connectivity index (χ0) is 12.4. The Morgan fingerprint density at radius 2 is 2.39 bits per heavy atom. The van der Waals surface area contributed by atoms with Crippen LogP contribution in [0.15, 0.2) is 18.2 Å². The zero-order valence-corrected chi connectivity index (χ0v) is 11.8. The molecule has 0 spiro atoms. The molecule has 98 valence electrons. The highest BCUT2D eigenvalue weighted by molar-refractivity contribution is 7.99. The van der Waals surface area contributed by atoms with Gasteiger partial charge in [-0.2, -0.15) is 11.8 Å². The molecule has 3 heteroatoms. The Kier molecular flexibility index (Phi) is 3.53. The first kappa shape index (κ1) is 12.4. The summed E-state index contributed by atoms with van der Waals surface area (Å²) in [6.45, 7) is 5.25. The molecule has 2 nitrogen and oxygen atoms in total. The van der Waals surface area contributed by atoms with Gasteiger partial charge in [0.1, 0.15) is 5.75 Å². The highest BCUT2D eigenvalue weighted by Crippen LogP contribution is 2.36. The van der Waals surface area contributed by atoms with Gasteiger partial charge in [0, 0.05) is 23.3 Å². The second-order valence-corrected chi connectivity index (χ2v) is 6.83. The van der Waals surface area contributed by atoms with Crippen molar-refractivity contribution in [2.45, 2.75) is 26.3 Å². The van der Waals surface area contributed by atoms with Gasteiger partial charge < -0.3 is 10.1 Å². The zero-order valence-electron chi connectivity index (χ0n) is 11.0. The predicted octanol–water partition coefficient (Wildman–Crippen LogP) is 2.85. The summed E-state index contributed by atoms with van der Waals surface area (Å²) < 4.78 is 6.14. The molecule has 3 rings (SSSR count). The van der Waals surface area contributed by atoms with Crippen molar-refractivity contribution >= 4 is 11.8 Å². The van der Waals surface area contributed by atoms with E-state index in [0.717, 1.165) is 31.9 Å². The first-order valence-corrected chi connectivity index (χ1v) is 7.94. The van der Waals surface area contributed by atoms with E-state index in [1.54, 1.807) is 0 Å². The Labute approximate surface area is 113 Å². The number of thioether (sulfide) groups is 1. The number of ether oxygens (including phenoxy) is 1. The predicted molar refractivity (Wildman–Crippen MR) is 77.4 cm³/mol. The van der Waals surface area contributed by atoms with Gasteiger partial charge in [0.15, 0.2) is 0 Å². The lowest BCUT2D eigenvalue weighted by Crippen LogP contribution is -2.27. The normalized spacial score (nSPS) is 26.9. The smallest absolute Gasteiger partial charge is 0.124 e. The highest BCUT2D eigenvalue weighted by Gasteiger charge is 2.30. The molecular formula is C15H21NOS. The molecule has 1 N–H and O–H groups in total. The summed E-state index contributed by atoms with van der Waals surface area (Å²) >= 11 is 2.05. The van der Waals surface area contributed by atoms with Crippen LogP contribution in [-0.2, 0) is 13.0 Å². The molecule has 0 radical (unpaired) electrons. The van der Waals surface area contributed by atoms with Gasteiger partial charge in [-0.05, 0) is 36.8 Å². The molecule has 0 aliphatic carbocycles. The minimum absolute atomic E-state index is 0.371. The van der Waals surface area contributed by atoms with Crippen molar-refractivity contribution in [1.82, 2.24) is 5.32 Å². The topological polar surface area (TPSA) is 21.3 Å². The fourth-order valence-electron chi connectivity index (χ4n) is 2.69. The van der Waals surface area contributed by atoms with Gasteiger partial charge in [0.25, 0.3) is 0 Å². The summed E-state index contributed by atoms with van der Waals surface area (Å²) in [4.78, 5) is 0. The first-order chi connectivity index (χ1) is 8.77. The lowest BCUT2D eigenvalue weighted by molar-refractivity contribution is 0.184. The maximum absolute atomic E-state index is 6.14. The van der Waals surface area contributed by atoms with Gasteiger partial charge in [-0.25, -0.2) is 0 Å². The van der Waals surface area contributed by atoms with Crippen LogP contribution in [0.3, 0.4) is 0 Å². The van der Waals surface area contributed by atoms with E-state index in [4.69, 9.17) is 4.74 Å². The third kappa shape index (κ3) is 2.52. The molecule has 1 atom stereocenters. The Morgan fingerprint density at radius 3 is 3.22 bits per heavy atom. The van der Waals surface area contributed by atoms with Gasteiger partial charge in [0.05, 0.1) is 6.61 Å². The summed E-state index contributed by atoms with van der Waals surface area (Å²) in [5.74, 6) is 3.62. The van der Waals surface area contributed by atoms with Crippen LogP contribution in [0.25, 0.3) is 0 Å². The third-order valence-electron chi connectivity index (χ3n) is 3.98. The molecule has 0 bridgehead atoms. The molecular weight excluding hydrogens is 242 g/mol. The number of hydrogen-bond donors (Lipinski definition) is 1. The Morgan fingerprint density at radius 1 is 1.44 bits per heavy atom. The van der Waals surface area contributed by atoms with Crippen molar-refractivity contribution in [3.05, 3.63) is 29.3 Å². The number of fused-ring (bicyclic) bond motifs is 1. The van der Waals surface area contributed by atoms with Crippen LogP contribution in [0.4, 0.5) is 0 Å². The van der Waals surface area contributed by atoms with E-state index in [9.17, 15) is 0 Å². The Balaban J connectivity index is 1.72. The largest absolute Gasteiger partial charge is 0.493 e. The molecule has 1 aromatic carbocycles. The third-order valence-corrected chi connectivity index (χ3v) is 5.37. The minimum Gasteiger partial charge on any atom is -0.493 e. The van der Waals surface area contributed by atoms with Gasteiger partial charge in [0.2, 0.25) is 0 Å². The Bertz CT molecular complexity index is 427. The molecule has 0 saturated carbocycles. The van der Waals surface area contributed by atoms with Crippen LogP contribution >= 0.6 is 11.8 Å². The average Bonchev–Trinajstić information content (AvgIpc) is 2.84. The van der Waals surface area contributed by atoms with Crippen molar-refractivity contribution in [2.24, 2.45) is 5.41 Å². The minimum atomic E-state index is 0.371. The standard InChI is InChI=1S/C15H21NOS/c1-15(6-8-18-11-15)10-17-14-4-2-3-12-5-7-16-9-13(12)14/h2-4,16H,5-11H2,1H3. The number of hydrogen-bond acceptors (Lipinski definition) is 3. The summed E-state index contributed by atoms with van der Waals surface area (Å²) in [5.41, 5.74) is 3.20. The summed E-state index contributed by atoms with van der Waals surface area (Å²) in [6.07, 6.45) is 2.41. The van der Waals surface area contributed by atoms with Crippen molar-refractivity contribution in [2.75, 3.05) is 24.7 Å². The van der Waals surface area contributed by atoms with Crippen molar-refractivity contribution in [1.29, 1.82) is 0 Å². The van der Waals surface area contributed by atoms with Gasteiger partial charge in [-0.15, -0.1) is 0 Å². The van der Waals surface area contributed by atoms with E-state index in [1.165, 1.54) is 29.1 Å². The Hall–Kier alpha value is -0.670. The molecule has 0 amide bonds. The molecule has 2 aliphatic rings. The maximum Gasteiger partial charge on any atom is 0.124 e. The molecule has 1 unspecified atom stereocenters. The van der Waals surface area contributed by atoms with E-state index in [1.807, 2.05) is 0 Å². The lowest BCUT2D eigenvalue weighted by atomic mass is 9.91. The van der Waals surface area contributed by atoms with Crippen LogP contribution in [0, 0.1) is 5.41 Å². The summed E-state index contributed by atoms with van der Waals surface area (Å²) in [7, 11) is 0. The fraction of sp³-hybridized carbons (Fsp3) is 0.600. The molecule has 2 heterocycles. The van der Waals surface area contributed by atoms with Crippen LogP contribution in [0.5, 0.6) is 5.75 Å². The van der Waals surface area contributed by atoms with E-state index >= 15 is 0 Å². The quantitative estimate of drug-likeness (QED) is 0.906. The molecule has 2 aliphatic heterocycles. The summed E-state index contributed by atoms with van der Waals surface area (Å²) in [5, 5.41) is 3.43. The summed E-state index contributed by atoms with van der Waals surface area (Å²) in [6, 6.07) is 6.48. The van der Waals surface area contributed by atoms with E-state index < -0.39 is 0 Å². The van der Waals surface area contributed by atoms with Gasteiger partial charge in [-0.1, -0.05) is 19.1 Å². The van der Waals surface area contributed by atoms with E-state index in [2.05, 4.69) is 42.2 Å². The number of benzene rings is 1. The number of rotatable bonds is 3. The average molecular weight is 263 g/mol. The van der Waals surface area contributed by atoms with Gasteiger partial charge in [-0.3, -0.25) is 0 Å². The van der Waals surface area contributed by atoms with Crippen LogP contribution in [0.1, 0.15) is 24.5 Å². The molecule has 0 aromatic heterocycles. The lowest BCUT2D eigenvalue weighted by Gasteiger charge is -2.25. The molecule has 1 aromatic rings. The molecule has 18 heavy (non-hydrogen) atoms. The van der Waals surface area contributed by atoms with Crippen molar-refractivity contribution < 1.29 is 4.74 Å².